The molecule has 0 aromatic heterocycles. The van der Waals surface area contributed by atoms with Crippen molar-refractivity contribution < 1.29 is 32.6 Å². The van der Waals surface area contributed by atoms with Gasteiger partial charge in [0.05, 0.1) is 15.6 Å². The molecule has 1 fully saturated rings. The van der Waals surface area contributed by atoms with Gasteiger partial charge in [0.15, 0.2) is 11.4 Å². The second-order valence-corrected chi connectivity index (χ2v) is 8.52. The summed E-state index contributed by atoms with van der Waals surface area (Å²) in [5.41, 5.74) is -1.39. The van der Waals surface area contributed by atoms with E-state index in [1.807, 2.05) is 0 Å². The lowest BCUT2D eigenvalue weighted by Crippen LogP contribution is -2.38. The van der Waals surface area contributed by atoms with Gasteiger partial charge in [0.1, 0.15) is 0 Å². The molecular weight excluding hydrogens is 472 g/mol. The number of carbonyl (C=O) groups excluding carboxylic acids is 1. The highest BCUT2D eigenvalue weighted by atomic mass is 35.5. The van der Waals surface area contributed by atoms with E-state index in [2.05, 4.69) is 0 Å². The molecule has 1 aliphatic rings. The van der Waals surface area contributed by atoms with Gasteiger partial charge in [-0.3, -0.25) is 4.90 Å². The molecule has 32 heavy (non-hydrogen) atoms. The Kier molecular flexibility index (Phi) is 6.53. The molecule has 2 amide bonds. The number of hydrogen-bond donors (Lipinski definition) is 1. The van der Waals surface area contributed by atoms with Crippen LogP contribution in [0.15, 0.2) is 36.4 Å². The maximum absolute atomic E-state index is 12.8. The average molecular weight is 491 g/mol. The zero-order chi connectivity index (χ0) is 23.8. The number of nitrogens with zero attached hydrogens (tertiary/aromatic N) is 2. The van der Waals surface area contributed by atoms with Gasteiger partial charge in [-0.25, -0.2) is 9.59 Å². The van der Waals surface area contributed by atoms with Crippen LogP contribution in [0.3, 0.4) is 0 Å². The van der Waals surface area contributed by atoms with E-state index in [0.717, 1.165) is 12.1 Å². The Bertz CT molecular complexity index is 1020. The van der Waals surface area contributed by atoms with Gasteiger partial charge >= 0.3 is 18.2 Å². The Labute approximate surface area is 192 Å². The lowest BCUT2D eigenvalue weighted by molar-refractivity contribution is -0.152. The first-order valence-corrected chi connectivity index (χ1v) is 10.2. The van der Waals surface area contributed by atoms with Crippen LogP contribution in [-0.2, 0) is 17.5 Å². The Balaban J connectivity index is 1.73. The molecule has 1 N–H and O–H groups in total. The van der Waals surface area contributed by atoms with Crippen LogP contribution in [0.25, 0.3) is 0 Å². The molecule has 1 saturated heterocycles. The normalized spacial score (nSPS) is 14.8. The molecule has 0 aliphatic carbocycles. The summed E-state index contributed by atoms with van der Waals surface area (Å²) < 4.78 is 43.7. The first-order chi connectivity index (χ1) is 14.8. The molecule has 0 bridgehead atoms. The third-order valence-corrected chi connectivity index (χ3v) is 5.47. The number of rotatable bonds is 6. The fourth-order valence-corrected chi connectivity index (χ4v) is 3.73. The molecule has 0 radical (unpaired) electrons. The number of halogens is 5. The SMILES string of the molecule is CC(C)(Oc1c(Cl)cc(CN2CCN(c3ccc(C(F)(F)F)cc3)C2=O)cc1Cl)C(=O)O. The first-order valence-electron chi connectivity index (χ1n) is 9.43. The topological polar surface area (TPSA) is 70.1 Å². The van der Waals surface area contributed by atoms with Crippen LogP contribution in [0.1, 0.15) is 25.0 Å². The minimum atomic E-state index is -4.45. The van der Waals surface area contributed by atoms with Crippen molar-refractivity contribution in [3.05, 3.63) is 57.6 Å². The molecular formula is C21H19Cl2F3N2O4. The van der Waals surface area contributed by atoms with E-state index in [1.54, 1.807) is 0 Å². The molecule has 0 saturated carbocycles. The minimum absolute atomic E-state index is 0.0172. The number of amides is 2. The molecule has 3 rings (SSSR count). The molecule has 2 aromatic carbocycles. The highest BCUT2D eigenvalue weighted by molar-refractivity contribution is 6.37. The number of carbonyl (C=O) groups is 2. The van der Waals surface area contributed by atoms with Crippen LogP contribution in [0.4, 0.5) is 23.7 Å². The molecule has 172 valence electrons. The van der Waals surface area contributed by atoms with Crippen molar-refractivity contribution in [1.29, 1.82) is 0 Å². The van der Waals surface area contributed by atoms with Gasteiger partial charge in [0.25, 0.3) is 0 Å². The van der Waals surface area contributed by atoms with Crippen LogP contribution in [0.5, 0.6) is 5.75 Å². The highest BCUT2D eigenvalue weighted by Gasteiger charge is 2.34. The second kappa shape index (κ2) is 8.71. The molecule has 1 heterocycles. The van der Waals surface area contributed by atoms with Crippen molar-refractivity contribution >= 4 is 40.9 Å². The smallest absolute Gasteiger partial charge is 0.416 e. The fraction of sp³-hybridized carbons (Fsp3) is 0.333. The number of ether oxygens (including phenoxy) is 1. The monoisotopic (exact) mass is 490 g/mol. The van der Waals surface area contributed by atoms with Crippen LogP contribution < -0.4 is 9.64 Å². The van der Waals surface area contributed by atoms with Crippen molar-refractivity contribution in [3.8, 4) is 5.75 Å². The van der Waals surface area contributed by atoms with Crippen molar-refractivity contribution in [3.63, 3.8) is 0 Å². The Morgan fingerprint density at radius 3 is 2.16 bits per heavy atom. The largest absolute Gasteiger partial charge is 0.478 e. The zero-order valence-corrected chi connectivity index (χ0v) is 18.6. The Morgan fingerprint density at radius 1 is 1.09 bits per heavy atom. The molecule has 2 aromatic rings. The van der Waals surface area contributed by atoms with Gasteiger partial charge in [0, 0.05) is 25.3 Å². The summed E-state index contributed by atoms with van der Waals surface area (Å²) in [6, 6.07) is 7.06. The second-order valence-electron chi connectivity index (χ2n) is 7.71. The van der Waals surface area contributed by atoms with Crippen LogP contribution >= 0.6 is 23.2 Å². The maximum atomic E-state index is 12.8. The van der Waals surface area contributed by atoms with E-state index in [9.17, 15) is 27.9 Å². The highest BCUT2D eigenvalue weighted by Crippen LogP contribution is 2.37. The fourth-order valence-electron chi connectivity index (χ4n) is 3.12. The maximum Gasteiger partial charge on any atom is 0.416 e. The summed E-state index contributed by atoms with van der Waals surface area (Å²) in [5, 5.41) is 9.40. The van der Waals surface area contributed by atoms with E-state index in [4.69, 9.17) is 27.9 Å². The van der Waals surface area contributed by atoms with Crippen LogP contribution in [-0.4, -0.2) is 40.7 Å². The summed E-state index contributed by atoms with van der Waals surface area (Å²) in [7, 11) is 0. The summed E-state index contributed by atoms with van der Waals surface area (Å²) in [4.78, 5) is 26.9. The predicted molar refractivity (Wildman–Crippen MR) is 113 cm³/mol. The van der Waals surface area contributed by atoms with Crippen molar-refractivity contribution in [1.82, 2.24) is 4.90 Å². The van der Waals surface area contributed by atoms with Gasteiger partial charge < -0.3 is 14.7 Å². The third kappa shape index (κ3) is 5.05. The number of urea groups is 1. The molecule has 11 heteroatoms. The minimum Gasteiger partial charge on any atom is -0.478 e. The van der Waals surface area contributed by atoms with E-state index >= 15 is 0 Å². The van der Waals surface area contributed by atoms with Crippen LogP contribution in [0.2, 0.25) is 10.0 Å². The van der Waals surface area contributed by atoms with Gasteiger partial charge in [0.2, 0.25) is 0 Å². The van der Waals surface area contributed by atoms with Crippen molar-refractivity contribution in [2.45, 2.75) is 32.2 Å². The molecule has 1 aliphatic heterocycles. The van der Waals surface area contributed by atoms with Gasteiger partial charge in [-0.15, -0.1) is 0 Å². The summed E-state index contributed by atoms with van der Waals surface area (Å²) >= 11 is 12.5. The zero-order valence-electron chi connectivity index (χ0n) is 17.0. The molecule has 0 spiro atoms. The lowest BCUT2D eigenvalue weighted by atomic mass is 10.1. The lowest BCUT2D eigenvalue weighted by Gasteiger charge is -2.24. The standard InChI is InChI=1S/C21H19Cl2F3N2O4/c1-20(2,18(29)30)32-17-15(22)9-12(10-16(17)23)11-27-7-8-28(19(27)31)14-5-3-13(4-6-14)21(24,25)26/h3-6,9-10H,7-8,11H2,1-2H3,(H,29,30). The van der Waals surface area contributed by atoms with E-state index in [-0.39, 0.29) is 28.4 Å². The molecule has 0 unspecified atom stereocenters. The number of carboxylic acids is 1. The summed E-state index contributed by atoms with van der Waals surface area (Å²) in [5.74, 6) is -1.18. The van der Waals surface area contributed by atoms with Crippen molar-refractivity contribution in [2.75, 3.05) is 18.0 Å². The molecule has 6 nitrogen and oxygen atoms in total. The average Bonchev–Trinajstić information content (AvgIpc) is 3.04. The quantitative estimate of drug-likeness (QED) is 0.563. The third-order valence-electron chi connectivity index (χ3n) is 4.91. The van der Waals surface area contributed by atoms with Gasteiger partial charge in [-0.05, 0) is 55.8 Å². The number of benzene rings is 2. The Morgan fingerprint density at radius 2 is 1.66 bits per heavy atom. The van der Waals surface area contributed by atoms with Crippen LogP contribution in [0, 0.1) is 0 Å². The summed E-state index contributed by atoms with van der Waals surface area (Å²) in [6.45, 7) is 3.51. The van der Waals surface area contributed by atoms with E-state index in [1.165, 1.54) is 47.9 Å². The van der Waals surface area contributed by atoms with Gasteiger partial charge in [-0.2, -0.15) is 13.2 Å². The first kappa shape index (κ1) is 24.0. The number of alkyl halides is 3. The van der Waals surface area contributed by atoms with E-state index < -0.39 is 23.3 Å². The number of aliphatic carboxylic acids is 1. The number of anilines is 1. The number of hydrogen-bond acceptors (Lipinski definition) is 3. The number of carboxylic acid groups (broad SMARTS) is 1. The van der Waals surface area contributed by atoms with Crippen molar-refractivity contribution in [2.24, 2.45) is 0 Å². The summed E-state index contributed by atoms with van der Waals surface area (Å²) in [6.07, 6.45) is -4.45. The van der Waals surface area contributed by atoms with Gasteiger partial charge in [-0.1, -0.05) is 23.2 Å². The Hall–Kier alpha value is -2.65. The molecule has 0 atom stereocenters. The predicted octanol–water partition coefficient (Wildman–Crippen LogP) is 5.70. The van der Waals surface area contributed by atoms with E-state index in [0.29, 0.717) is 24.3 Å².